The summed E-state index contributed by atoms with van der Waals surface area (Å²) in [5.74, 6) is 0. The molecule has 0 aliphatic heterocycles. The van der Waals surface area contributed by atoms with Gasteiger partial charge in [-0.3, -0.25) is 0 Å². The zero-order valence-electron chi connectivity index (χ0n) is 9.79. The van der Waals surface area contributed by atoms with Gasteiger partial charge in [-0.15, -0.1) is 0 Å². The molecule has 0 aliphatic carbocycles. The van der Waals surface area contributed by atoms with E-state index in [2.05, 4.69) is 42.9 Å². The lowest BCUT2D eigenvalue weighted by Gasteiger charge is -2.18. The van der Waals surface area contributed by atoms with Crippen molar-refractivity contribution in [3.05, 3.63) is 46.5 Å². The summed E-state index contributed by atoms with van der Waals surface area (Å²) < 4.78 is 0. The van der Waals surface area contributed by atoms with Crippen molar-refractivity contribution < 1.29 is 0 Å². The van der Waals surface area contributed by atoms with E-state index >= 15 is 0 Å². The van der Waals surface area contributed by atoms with Crippen LogP contribution in [0.4, 0.5) is 0 Å². The Morgan fingerprint density at radius 3 is 2.12 bits per heavy atom. The van der Waals surface area contributed by atoms with Crippen LogP contribution >= 0.6 is 0 Å². The largest absolute Gasteiger partial charge is 0.323 e. The van der Waals surface area contributed by atoms with Crippen LogP contribution in [0.3, 0.4) is 0 Å². The predicted octanol–water partition coefficient (Wildman–Crippen LogP) is 2.67. The molecule has 2 N–H and O–H groups in total. The summed E-state index contributed by atoms with van der Waals surface area (Å²) in [6, 6.07) is 8.25. The first-order chi connectivity index (χ1) is 7.47. The van der Waals surface area contributed by atoms with Crippen molar-refractivity contribution in [1.29, 1.82) is 0 Å². The molecule has 0 spiro atoms. The molecule has 16 heavy (non-hydrogen) atoms. The molecule has 0 aliphatic rings. The van der Waals surface area contributed by atoms with Gasteiger partial charge in [0.15, 0.2) is 0 Å². The van der Waals surface area contributed by atoms with Gasteiger partial charge in [0.05, 0.1) is 5.69 Å². The maximum absolute atomic E-state index is 11.0. The normalized spacial score (nSPS) is 11.7. The van der Waals surface area contributed by atoms with Gasteiger partial charge in [-0.25, -0.2) is 4.79 Å². The van der Waals surface area contributed by atoms with Gasteiger partial charge in [-0.2, -0.15) is 0 Å². The minimum Gasteiger partial charge on any atom is -0.312 e. The number of benzene rings is 1. The molecule has 1 aromatic carbocycles. The lowest BCUT2D eigenvalue weighted by atomic mass is 9.86. The molecular formula is C13H16N2O. The van der Waals surface area contributed by atoms with Crippen molar-refractivity contribution >= 4 is 0 Å². The molecule has 2 aromatic rings. The highest BCUT2D eigenvalue weighted by atomic mass is 16.1. The standard InChI is InChI=1S/C13H16N2O/c1-13(2,3)10-6-4-9(5-7-10)11-8-14-12(16)15-11/h4-8H,1-3H3,(H2,14,15,16). The summed E-state index contributed by atoms with van der Waals surface area (Å²) >= 11 is 0. The first-order valence-electron chi connectivity index (χ1n) is 5.35. The van der Waals surface area contributed by atoms with Crippen LogP contribution in [-0.2, 0) is 5.41 Å². The maximum atomic E-state index is 11.0. The summed E-state index contributed by atoms with van der Waals surface area (Å²) in [7, 11) is 0. The quantitative estimate of drug-likeness (QED) is 0.756. The summed E-state index contributed by atoms with van der Waals surface area (Å²) in [6.45, 7) is 6.54. The Bertz CT molecular complexity index is 526. The van der Waals surface area contributed by atoms with Gasteiger partial charge in [0.2, 0.25) is 0 Å². The molecule has 3 heteroatoms. The number of H-pyrrole nitrogens is 2. The fraction of sp³-hybridized carbons (Fsp3) is 0.308. The maximum Gasteiger partial charge on any atom is 0.323 e. The average Bonchev–Trinajstić information content (AvgIpc) is 2.64. The van der Waals surface area contributed by atoms with Crippen molar-refractivity contribution in [2.45, 2.75) is 26.2 Å². The minimum absolute atomic E-state index is 0.157. The summed E-state index contributed by atoms with van der Waals surface area (Å²) in [6.07, 6.45) is 1.69. The van der Waals surface area contributed by atoms with Gasteiger partial charge < -0.3 is 9.97 Å². The number of hydrogen-bond acceptors (Lipinski definition) is 1. The van der Waals surface area contributed by atoms with E-state index in [0.717, 1.165) is 11.3 Å². The molecule has 1 heterocycles. The van der Waals surface area contributed by atoms with Crippen molar-refractivity contribution in [2.75, 3.05) is 0 Å². The fourth-order valence-electron chi connectivity index (χ4n) is 1.64. The summed E-state index contributed by atoms with van der Waals surface area (Å²) in [5, 5.41) is 0. The first-order valence-corrected chi connectivity index (χ1v) is 5.35. The lowest BCUT2D eigenvalue weighted by Crippen LogP contribution is -2.10. The summed E-state index contributed by atoms with van der Waals surface area (Å²) in [5.41, 5.74) is 3.12. The molecule has 1 aromatic heterocycles. The van der Waals surface area contributed by atoms with Crippen molar-refractivity contribution in [3.63, 3.8) is 0 Å². The third-order valence-corrected chi connectivity index (χ3v) is 2.66. The number of imidazole rings is 1. The monoisotopic (exact) mass is 216 g/mol. The van der Waals surface area contributed by atoms with Gasteiger partial charge in [-0.05, 0) is 16.5 Å². The SMILES string of the molecule is CC(C)(C)c1ccc(-c2c[nH]c(=O)[nH]2)cc1. The number of rotatable bonds is 1. The van der Waals surface area contributed by atoms with Gasteiger partial charge in [0.25, 0.3) is 0 Å². The van der Waals surface area contributed by atoms with Crippen LogP contribution in [-0.4, -0.2) is 9.97 Å². The van der Waals surface area contributed by atoms with Crippen LogP contribution in [0.25, 0.3) is 11.3 Å². The second-order valence-corrected chi connectivity index (χ2v) is 4.98. The average molecular weight is 216 g/mol. The van der Waals surface area contributed by atoms with Crippen molar-refractivity contribution in [2.24, 2.45) is 0 Å². The fourth-order valence-corrected chi connectivity index (χ4v) is 1.64. The molecule has 0 saturated heterocycles. The van der Waals surface area contributed by atoms with Crippen LogP contribution in [0.5, 0.6) is 0 Å². The van der Waals surface area contributed by atoms with Crippen LogP contribution < -0.4 is 5.69 Å². The van der Waals surface area contributed by atoms with Crippen LogP contribution in [0.2, 0.25) is 0 Å². The van der Waals surface area contributed by atoms with E-state index in [1.165, 1.54) is 5.56 Å². The Labute approximate surface area is 94.5 Å². The Morgan fingerprint density at radius 2 is 1.69 bits per heavy atom. The third kappa shape index (κ3) is 2.08. The minimum atomic E-state index is -0.171. The number of nitrogens with one attached hydrogen (secondary N) is 2. The molecule has 2 rings (SSSR count). The molecular weight excluding hydrogens is 200 g/mol. The lowest BCUT2D eigenvalue weighted by molar-refractivity contribution is 0.590. The van der Waals surface area contributed by atoms with Crippen LogP contribution in [0.1, 0.15) is 26.3 Å². The molecule has 3 nitrogen and oxygen atoms in total. The molecule has 0 bridgehead atoms. The topological polar surface area (TPSA) is 48.6 Å². The molecule has 84 valence electrons. The molecule has 0 amide bonds. The highest BCUT2D eigenvalue weighted by Crippen LogP contribution is 2.24. The predicted molar refractivity (Wildman–Crippen MR) is 65.5 cm³/mol. The number of aromatic amines is 2. The van der Waals surface area contributed by atoms with E-state index in [1.54, 1.807) is 6.20 Å². The Kier molecular flexibility index (Phi) is 2.46. The number of aromatic nitrogens is 2. The van der Waals surface area contributed by atoms with E-state index in [-0.39, 0.29) is 11.1 Å². The highest BCUT2D eigenvalue weighted by Gasteiger charge is 2.13. The smallest absolute Gasteiger partial charge is 0.312 e. The molecule has 0 radical (unpaired) electrons. The second-order valence-electron chi connectivity index (χ2n) is 4.98. The molecule has 0 saturated carbocycles. The van der Waals surface area contributed by atoms with Crippen LogP contribution in [0, 0.1) is 0 Å². The zero-order chi connectivity index (χ0) is 11.8. The van der Waals surface area contributed by atoms with Crippen molar-refractivity contribution in [3.8, 4) is 11.3 Å². The first kappa shape index (κ1) is 10.7. The summed E-state index contributed by atoms with van der Waals surface area (Å²) in [4.78, 5) is 16.3. The van der Waals surface area contributed by atoms with Gasteiger partial charge in [-0.1, -0.05) is 45.0 Å². The molecule has 0 unspecified atom stereocenters. The van der Waals surface area contributed by atoms with E-state index in [1.807, 2.05) is 12.1 Å². The highest BCUT2D eigenvalue weighted by molar-refractivity contribution is 5.58. The van der Waals surface area contributed by atoms with Crippen LogP contribution in [0.15, 0.2) is 35.3 Å². The zero-order valence-corrected chi connectivity index (χ0v) is 9.79. The Morgan fingerprint density at radius 1 is 1.06 bits per heavy atom. The van der Waals surface area contributed by atoms with E-state index in [0.29, 0.717) is 0 Å². The van der Waals surface area contributed by atoms with E-state index in [9.17, 15) is 4.79 Å². The second kappa shape index (κ2) is 3.67. The van der Waals surface area contributed by atoms with Gasteiger partial charge >= 0.3 is 5.69 Å². The molecule has 0 fully saturated rings. The van der Waals surface area contributed by atoms with Gasteiger partial charge in [0.1, 0.15) is 0 Å². The van der Waals surface area contributed by atoms with E-state index < -0.39 is 0 Å². The van der Waals surface area contributed by atoms with Gasteiger partial charge in [0, 0.05) is 6.20 Å². The third-order valence-electron chi connectivity index (χ3n) is 2.66. The Hall–Kier alpha value is -1.77. The Balaban J connectivity index is 2.36. The van der Waals surface area contributed by atoms with Crippen molar-refractivity contribution in [1.82, 2.24) is 9.97 Å². The number of hydrogen-bond donors (Lipinski definition) is 2. The van der Waals surface area contributed by atoms with E-state index in [4.69, 9.17) is 0 Å². The molecule has 0 atom stereocenters.